The molecule has 2 aliphatic rings. The van der Waals surface area contributed by atoms with Crippen molar-refractivity contribution in [2.75, 3.05) is 5.32 Å². The van der Waals surface area contributed by atoms with Gasteiger partial charge in [0.15, 0.2) is 0 Å². The molecule has 4 nitrogen and oxygen atoms in total. The maximum atomic E-state index is 12.5. The number of allylic oxidation sites excluding steroid dienone is 2. The molecule has 1 fully saturated rings. The molecule has 4 heteroatoms. The van der Waals surface area contributed by atoms with E-state index in [1.54, 1.807) is 12.1 Å². The highest BCUT2D eigenvalue weighted by Gasteiger charge is 2.61. The Kier molecular flexibility index (Phi) is 3.78. The summed E-state index contributed by atoms with van der Waals surface area (Å²) in [5, 5.41) is 2.83. The normalized spacial score (nSPS) is 24.3. The number of carbonyl (C=O) groups is 2. The van der Waals surface area contributed by atoms with Crippen LogP contribution in [-0.4, -0.2) is 11.9 Å². The minimum atomic E-state index is -0.169. The van der Waals surface area contributed by atoms with Crippen LogP contribution in [0.5, 0.6) is 5.75 Å². The Hall–Kier alpha value is -2.10. The van der Waals surface area contributed by atoms with E-state index in [1.165, 1.54) is 5.57 Å². The standard InChI is InChI=1S/C19H23NO3/c1-11(2)9-14-17(19(14,3)4)18(22)23-13-6-7-15-12(10-13)5-8-16(21)20-15/h6-7,9-10,14,17H,5,8H2,1-4H3,(H,20,21). The molecule has 0 bridgehead atoms. The van der Waals surface area contributed by atoms with E-state index >= 15 is 0 Å². The Morgan fingerprint density at radius 1 is 1.30 bits per heavy atom. The van der Waals surface area contributed by atoms with Crippen molar-refractivity contribution < 1.29 is 14.3 Å². The molecule has 1 aromatic carbocycles. The van der Waals surface area contributed by atoms with Crippen molar-refractivity contribution >= 4 is 17.6 Å². The number of rotatable bonds is 3. The number of hydrogen-bond donors (Lipinski definition) is 1. The quantitative estimate of drug-likeness (QED) is 0.526. The maximum Gasteiger partial charge on any atom is 0.315 e. The topological polar surface area (TPSA) is 55.4 Å². The van der Waals surface area contributed by atoms with Gasteiger partial charge in [-0.05, 0) is 55.4 Å². The summed E-state index contributed by atoms with van der Waals surface area (Å²) < 4.78 is 5.60. The Balaban J connectivity index is 1.72. The number of anilines is 1. The van der Waals surface area contributed by atoms with Crippen molar-refractivity contribution in [1.29, 1.82) is 0 Å². The Morgan fingerprint density at radius 3 is 2.74 bits per heavy atom. The summed E-state index contributed by atoms with van der Waals surface area (Å²) in [5.74, 6) is 0.581. The predicted octanol–water partition coefficient (Wildman–Crippen LogP) is 3.72. The van der Waals surface area contributed by atoms with Crippen molar-refractivity contribution in [3.8, 4) is 5.75 Å². The number of amides is 1. The lowest BCUT2D eigenvalue weighted by Crippen LogP contribution is -2.19. The van der Waals surface area contributed by atoms with Crippen LogP contribution in [0.4, 0.5) is 5.69 Å². The second kappa shape index (κ2) is 5.52. The molecule has 1 aliphatic heterocycles. The fourth-order valence-electron chi connectivity index (χ4n) is 3.40. The summed E-state index contributed by atoms with van der Waals surface area (Å²) in [6, 6.07) is 5.41. The van der Waals surface area contributed by atoms with Crippen LogP contribution in [0.25, 0.3) is 0 Å². The zero-order valence-electron chi connectivity index (χ0n) is 14.1. The molecular formula is C19H23NO3. The molecule has 1 amide bonds. The van der Waals surface area contributed by atoms with E-state index in [0.29, 0.717) is 18.6 Å². The molecule has 3 rings (SSSR count). The van der Waals surface area contributed by atoms with Crippen LogP contribution in [0.1, 0.15) is 39.7 Å². The van der Waals surface area contributed by atoms with Crippen molar-refractivity contribution in [3.63, 3.8) is 0 Å². The Bertz CT molecular complexity index is 699. The van der Waals surface area contributed by atoms with Crippen LogP contribution in [0.15, 0.2) is 29.8 Å². The second-order valence-corrected chi connectivity index (χ2v) is 7.36. The second-order valence-electron chi connectivity index (χ2n) is 7.36. The van der Waals surface area contributed by atoms with Crippen LogP contribution in [0.3, 0.4) is 0 Å². The molecule has 1 aromatic rings. The minimum Gasteiger partial charge on any atom is -0.426 e. The van der Waals surface area contributed by atoms with Gasteiger partial charge in [-0.1, -0.05) is 25.5 Å². The van der Waals surface area contributed by atoms with Gasteiger partial charge in [-0.3, -0.25) is 9.59 Å². The van der Waals surface area contributed by atoms with Gasteiger partial charge in [0.2, 0.25) is 5.91 Å². The van der Waals surface area contributed by atoms with E-state index in [9.17, 15) is 9.59 Å². The number of esters is 1. The fraction of sp³-hybridized carbons (Fsp3) is 0.474. The monoisotopic (exact) mass is 313 g/mol. The average Bonchev–Trinajstić information content (AvgIpc) is 2.99. The van der Waals surface area contributed by atoms with Crippen molar-refractivity contribution in [3.05, 3.63) is 35.4 Å². The van der Waals surface area contributed by atoms with E-state index < -0.39 is 0 Å². The van der Waals surface area contributed by atoms with Crippen LogP contribution < -0.4 is 10.1 Å². The average molecular weight is 313 g/mol. The number of benzene rings is 1. The molecule has 2 unspecified atom stereocenters. The van der Waals surface area contributed by atoms with E-state index in [2.05, 4.69) is 39.1 Å². The third-order valence-electron chi connectivity index (χ3n) is 4.87. The predicted molar refractivity (Wildman–Crippen MR) is 89.2 cm³/mol. The highest BCUT2D eigenvalue weighted by atomic mass is 16.5. The fourth-order valence-corrected chi connectivity index (χ4v) is 3.40. The Labute approximate surface area is 136 Å². The van der Waals surface area contributed by atoms with Gasteiger partial charge in [-0.25, -0.2) is 0 Å². The molecule has 0 radical (unpaired) electrons. The van der Waals surface area contributed by atoms with Gasteiger partial charge in [-0.15, -0.1) is 0 Å². The van der Waals surface area contributed by atoms with Gasteiger partial charge >= 0.3 is 5.97 Å². The van der Waals surface area contributed by atoms with Crippen molar-refractivity contribution in [2.24, 2.45) is 17.3 Å². The number of carbonyl (C=O) groups excluding carboxylic acids is 2. The maximum absolute atomic E-state index is 12.5. The lowest BCUT2D eigenvalue weighted by molar-refractivity contribution is -0.136. The van der Waals surface area contributed by atoms with Crippen molar-refractivity contribution in [2.45, 2.75) is 40.5 Å². The zero-order valence-corrected chi connectivity index (χ0v) is 14.1. The largest absolute Gasteiger partial charge is 0.426 e. The van der Waals surface area contributed by atoms with Crippen LogP contribution >= 0.6 is 0 Å². The van der Waals surface area contributed by atoms with Crippen LogP contribution in [0.2, 0.25) is 0 Å². The van der Waals surface area contributed by atoms with Crippen molar-refractivity contribution in [1.82, 2.24) is 0 Å². The van der Waals surface area contributed by atoms with E-state index in [0.717, 1.165) is 11.3 Å². The van der Waals surface area contributed by atoms with E-state index in [4.69, 9.17) is 4.74 Å². The van der Waals surface area contributed by atoms with Crippen LogP contribution in [0, 0.1) is 17.3 Å². The molecule has 122 valence electrons. The number of fused-ring (bicyclic) bond motifs is 1. The first-order chi connectivity index (χ1) is 10.8. The molecule has 1 heterocycles. The van der Waals surface area contributed by atoms with Crippen LogP contribution in [-0.2, 0) is 16.0 Å². The zero-order chi connectivity index (χ0) is 16.8. The van der Waals surface area contributed by atoms with Gasteiger partial charge in [0.25, 0.3) is 0 Å². The Morgan fingerprint density at radius 2 is 2.04 bits per heavy atom. The van der Waals surface area contributed by atoms with Gasteiger partial charge in [0.1, 0.15) is 5.75 Å². The van der Waals surface area contributed by atoms with Gasteiger partial charge in [0, 0.05) is 12.1 Å². The summed E-state index contributed by atoms with van der Waals surface area (Å²) in [7, 11) is 0. The van der Waals surface area contributed by atoms with Gasteiger partial charge < -0.3 is 10.1 Å². The third-order valence-corrected chi connectivity index (χ3v) is 4.87. The highest BCUT2D eigenvalue weighted by Crippen LogP contribution is 2.59. The minimum absolute atomic E-state index is 0.0338. The summed E-state index contributed by atoms with van der Waals surface area (Å²) in [6.45, 7) is 8.31. The summed E-state index contributed by atoms with van der Waals surface area (Å²) in [6.07, 6.45) is 3.32. The number of nitrogens with one attached hydrogen (secondary N) is 1. The first kappa shape index (κ1) is 15.8. The van der Waals surface area contributed by atoms with Gasteiger partial charge in [-0.2, -0.15) is 0 Å². The van der Waals surface area contributed by atoms with Gasteiger partial charge in [0.05, 0.1) is 5.92 Å². The summed E-state index contributed by atoms with van der Waals surface area (Å²) in [4.78, 5) is 23.9. The lowest BCUT2D eigenvalue weighted by Gasteiger charge is -2.17. The molecule has 23 heavy (non-hydrogen) atoms. The third kappa shape index (κ3) is 3.03. The number of ether oxygens (including phenoxy) is 1. The SMILES string of the molecule is CC(C)=CC1C(C(=O)Oc2ccc3c(c2)CCC(=O)N3)C1(C)C. The summed E-state index contributed by atoms with van der Waals surface area (Å²) in [5.41, 5.74) is 3.01. The smallest absolute Gasteiger partial charge is 0.315 e. The van der Waals surface area contributed by atoms with E-state index in [1.807, 2.05) is 6.07 Å². The first-order valence-electron chi connectivity index (χ1n) is 8.08. The molecule has 0 saturated heterocycles. The first-order valence-corrected chi connectivity index (χ1v) is 8.08. The number of aryl methyl sites for hydroxylation is 1. The molecule has 1 N–H and O–H groups in total. The molecular weight excluding hydrogens is 290 g/mol. The molecule has 0 spiro atoms. The highest BCUT2D eigenvalue weighted by molar-refractivity contribution is 5.94. The summed E-state index contributed by atoms with van der Waals surface area (Å²) >= 11 is 0. The van der Waals surface area contributed by atoms with E-state index in [-0.39, 0.29) is 29.1 Å². The molecule has 2 atom stereocenters. The number of hydrogen-bond acceptors (Lipinski definition) is 3. The lowest BCUT2D eigenvalue weighted by atomic mass is 10.0. The molecule has 1 saturated carbocycles. The molecule has 1 aliphatic carbocycles. The molecule has 0 aromatic heterocycles.